The van der Waals surface area contributed by atoms with Crippen molar-refractivity contribution in [2.45, 2.75) is 39.0 Å². The Bertz CT molecular complexity index is 599. The van der Waals surface area contributed by atoms with Crippen LogP contribution in [0.25, 0.3) is 4.96 Å². The molecule has 0 aliphatic heterocycles. The number of carbonyl (C=O) groups is 1. The molecule has 0 saturated heterocycles. The van der Waals surface area contributed by atoms with E-state index in [-0.39, 0.29) is 11.9 Å². The van der Waals surface area contributed by atoms with E-state index in [1.165, 1.54) is 4.88 Å². The van der Waals surface area contributed by atoms with Crippen LogP contribution in [0.5, 0.6) is 0 Å². The first kappa shape index (κ1) is 11.7. The van der Waals surface area contributed by atoms with E-state index in [1.807, 2.05) is 20.0 Å². The highest BCUT2D eigenvalue weighted by Gasteiger charge is 2.32. The molecule has 18 heavy (non-hydrogen) atoms. The highest BCUT2D eigenvalue weighted by molar-refractivity contribution is 7.17. The number of esters is 1. The zero-order chi connectivity index (χ0) is 12.7. The fraction of sp³-hybridized carbons (Fsp3) is 0.538. The molecular weight excluding hydrogens is 248 g/mol. The van der Waals surface area contributed by atoms with Crippen LogP contribution >= 0.6 is 11.3 Å². The van der Waals surface area contributed by atoms with E-state index in [0.29, 0.717) is 6.61 Å². The minimum Gasteiger partial charge on any atom is -0.465 e. The largest absolute Gasteiger partial charge is 0.465 e. The molecule has 1 atom stereocenters. The van der Waals surface area contributed by atoms with E-state index in [4.69, 9.17) is 4.74 Å². The zero-order valence-corrected chi connectivity index (χ0v) is 11.4. The fourth-order valence-corrected chi connectivity index (χ4v) is 3.89. The summed E-state index contributed by atoms with van der Waals surface area (Å²) in [4.78, 5) is 18.8. The van der Waals surface area contributed by atoms with Crippen LogP contribution in [0, 0.1) is 6.92 Å². The average Bonchev–Trinajstić information content (AvgIpc) is 2.84. The molecular formula is C13H16N2O2S. The summed E-state index contributed by atoms with van der Waals surface area (Å²) >= 11 is 1.70. The van der Waals surface area contributed by atoms with Gasteiger partial charge in [-0.25, -0.2) is 4.98 Å². The number of imidazole rings is 1. The number of carbonyl (C=O) groups excluding carboxylic acids is 1. The van der Waals surface area contributed by atoms with Gasteiger partial charge in [-0.15, -0.1) is 11.3 Å². The monoisotopic (exact) mass is 264 g/mol. The van der Waals surface area contributed by atoms with Crippen molar-refractivity contribution in [2.75, 3.05) is 6.61 Å². The molecule has 1 unspecified atom stereocenters. The molecule has 2 heterocycles. The van der Waals surface area contributed by atoms with Gasteiger partial charge >= 0.3 is 5.97 Å². The highest BCUT2D eigenvalue weighted by atomic mass is 32.1. The Hall–Kier alpha value is -1.36. The SMILES string of the molecule is CCOC(=O)C1CCCc2sc3nc(C)cn3c21. The van der Waals surface area contributed by atoms with Crippen LogP contribution < -0.4 is 0 Å². The molecule has 0 amide bonds. The minimum absolute atomic E-state index is 0.0931. The summed E-state index contributed by atoms with van der Waals surface area (Å²) in [5.74, 6) is -0.208. The van der Waals surface area contributed by atoms with Crippen molar-refractivity contribution in [1.82, 2.24) is 9.38 Å². The lowest BCUT2D eigenvalue weighted by Gasteiger charge is -2.20. The Morgan fingerprint density at radius 3 is 3.28 bits per heavy atom. The number of hydrogen-bond acceptors (Lipinski definition) is 4. The lowest BCUT2D eigenvalue weighted by molar-refractivity contribution is -0.145. The second-order valence-corrected chi connectivity index (χ2v) is 5.70. The molecule has 5 heteroatoms. The Morgan fingerprint density at radius 1 is 1.67 bits per heavy atom. The van der Waals surface area contributed by atoms with Crippen molar-refractivity contribution in [3.63, 3.8) is 0 Å². The number of fused-ring (bicyclic) bond motifs is 3. The Kier molecular flexibility index (Phi) is 2.86. The molecule has 0 saturated carbocycles. The fourth-order valence-electron chi connectivity index (χ4n) is 2.63. The number of ether oxygens (including phenoxy) is 1. The van der Waals surface area contributed by atoms with Gasteiger partial charge in [0.2, 0.25) is 0 Å². The van der Waals surface area contributed by atoms with E-state index in [9.17, 15) is 4.79 Å². The number of aromatic nitrogens is 2. The van der Waals surface area contributed by atoms with Crippen LogP contribution in [0.2, 0.25) is 0 Å². The van der Waals surface area contributed by atoms with Gasteiger partial charge in [0.15, 0.2) is 4.96 Å². The summed E-state index contributed by atoms with van der Waals surface area (Å²) in [7, 11) is 0. The molecule has 0 radical (unpaired) electrons. The molecule has 4 nitrogen and oxygen atoms in total. The normalized spacial score (nSPS) is 18.9. The Labute approximate surface area is 110 Å². The van der Waals surface area contributed by atoms with Crippen molar-refractivity contribution >= 4 is 22.3 Å². The van der Waals surface area contributed by atoms with Gasteiger partial charge in [-0.1, -0.05) is 0 Å². The standard InChI is InChI=1S/C13H16N2O2S/c1-3-17-12(16)9-5-4-6-10-11(9)15-7-8(2)14-13(15)18-10/h7,9H,3-6H2,1-2H3. The third-order valence-corrected chi connectivity index (χ3v) is 4.48. The van der Waals surface area contributed by atoms with E-state index >= 15 is 0 Å². The maximum absolute atomic E-state index is 12.1. The number of rotatable bonds is 2. The molecule has 2 aromatic heterocycles. The average molecular weight is 264 g/mol. The first-order valence-corrected chi connectivity index (χ1v) is 7.16. The summed E-state index contributed by atoms with van der Waals surface area (Å²) in [6.07, 6.45) is 5.01. The molecule has 0 spiro atoms. The molecule has 0 N–H and O–H groups in total. The van der Waals surface area contributed by atoms with Crippen LogP contribution in [-0.4, -0.2) is 22.0 Å². The molecule has 0 fully saturated rings. The van der Waals surface area contributed by atoms with Crippen LogP contribution in [0.1, 0.15) is 41.9 Å². The Morgan fingerprint density at radius 2 is 2.50 bits per heavy atom. The molecule has 96 valence electrons. The summed E-state index contributed by atoms with van der Waals surface area (Å²) in [5, 5.41) is 0. The Balaban J connectivity index is 2.09. The van der Waals surface area contributed by atoms with Gasteiger partial charge in [0.05, 0.1) is 23.9 Å². The van der Waals surface area contributed by atoms with Crippen molar-refractivity contribution in [1.29, 1.82) is 0 Å². The number of aryl methyl sites for hydroxylation is 2. The third-order valence-electron chi connectivity index (χ3n) is 3.35. The van der Waals surface area contributed by atoms with Crippen molar-refractivity contribution in [2.24, 2.45) is 0 Å². The molecule has 1 aliphatic carbocycles. The third kappa shape index (κ3) is 1.73. The van der Waals surface area contributed by atoms with Gasteiger partial charge in [0.25, 0.3) is 0 Å². The maximum atomic E-state index is 12.1. The quantitative estimate of drug-likeness (QED) is 0.783. The van der Waals surface area contributed by atoms with Crippen LogP contribution in [0.15, 0.2) is 6.20 Å². The molecule has 0 aromatic carbocycles. The van der Waals surface area contributed by atoms with Gasteiger partial charge in [-0.05, 0) is 33.1 Å². The first-order valence-electron chi connectivity index (χ1n) is 6.34. The smallest absolute Gasteiger partial charge is 0.314 e. The topological polar surface area (TPSA) is 43.6 Å². The van der Waals surface area contributed by atoms with Gasteiger partial charge in [-0.3, -0.25) is 9.20 Å². The summed E-state index contributed by atoms with van der Waals surface area (Å²) in [6.45, 7) is 4.28. The predicted molar refractivity (Wildman–Crippen MR) is 70.1 cm³/mol. The van der Waals surface area contributed by atoms with Crippen LogP contribution in [-0.2, 0) is 16.0 Å². The molecule has 2 aromatic rings. The van der Waals surface area contributed by atoms with Crippen LogP contribution in [0.3, 0.4) is 0 Å². The van der Waals surface area contributed by atoms with Crippen molar-refractivity contribution < 1.29 is 9.53 Å². The van der Waals surface area contributed by atoms with Gasteiger partial charge < -0.3 is 4.74 Å². The van der Waals surface area contributed by atoms with E-state index < -0.39 is 0 Å². The maximum Gasteiger partial charge on any atom is 0.314 e. The number of thiazole rings is 1. The summed E-state index contributed by atoms with van der Waals surface area (Å²) in [6, 6.07) is 0. The summed E-state index contributed by atoms with van der Waals surface area (Å²) < 4.78 is 7.27. The molecule has 1 aliphatic rings. The lowest BCUT2D eigenvalue weighted by atomic mass is 9.91. The van der Waals surface area contributed by atoms with Crippen LogP contribution in [0.4, 0.5) is 0 Å². The van der Waals surface area contributed by atoms with E-state index in [0.717, 1.165) is 35.6 Å². The molecule has 3 rings (SSSR count). The van der Waals surface area contributed by atoms with Gasteiger partial charge in [0.1, 0.15) is 0 Å². The first-order chi connectivity index (χ1) is 8.70. The number of nitrogens with zero attached hydrogens (tertiary/aromatic N) is 2. The zero-order valence-electron chi connectivity index (χ0n) is 10.6. The van der Waals surface area contributed by atoms with Gasteiger partial charge in [0, 0.05) is 11.1 Å². The number of hydrogen-bond donors (Lipinski definition) is 0. The van der Waals surface area contributed by atoms with E-state index in [1.54, 1.807) is 11.3 Å². The predicted octanol–water partition coefficient (Wildman–Crippen LogP) is 2.69. The van der Waals surface area contributed by atoms with Crippen molar-refractivity contribution in [3.8, 4) is 0 Å². The second kappa shape index (κ2) is 4.39. The minimum atomic E-state index is -0.115. The lowest BCUT2D eigenvalue weighted by Crippen LogP contribution is -2.21. The van der Waals surface area contributed by atoms with E-state index in [2.05, 4.69) is 9.38 Å². The van der Waals surface area contributed by atoms with Crippen molar-refractivity contribution in [3.05, 3.63) is 22.5 Å². The molecule has 0 bridgehead atoms. The van der Waals surface area contributed by atoms with Gasteiger partial charge in [-0.2, -0.15) is 0 Å². The second-order valence-electron chi connectivity index (χ2n) is 4.64. The highest BCUT2D eigenvalue weighted by Crippen LogP contribution is 2.37. The summed E-state index contributed by atoms with van der Waals surface area (Å²) in [5.41, 5.74) is 2.11.